The Balaban J connectivity index is 1.82. The van der Waals surface area contributed by atoms with Crippen molar-refractivity contribution < 1.29 is 4.79 Å². The van der Waals surface area contributed by atoms with Crippen LogP contribution < -0.4 is 0 Å². The highest BCUT2D eigenvalue weighted by atomic mass is 16.1. The Kier molecular flexibility index (Phi) is 2.33. The van der Waals surface area contributed by atoms with Crippen LogP contribution in [0.4, 0.5) is 0 Å². The van der Waals surface area contributed by atoms with E-state index in [0.717, 1.165) is 18.8 Å². The summed E-state index contributed by atoms with van der Waals surface area (Å²) in [7, 11) is 0. The van der Waals surface area contributed by atoms with Gasteiger partial charge in [0.15, 0.2) is 5.78 Å². The molecule has 2 rings (SSSR count). The topological polar surface area (TPSA) is 17.1 Å². The highest BCUT2D eigenvalue weighted by Gasteiger charge is 2.56. The minimum absolute atomic E-state index is 0.264. The van der Waals surface area contributed by atoms with Gasteiger partial charge in [0.2, 0.25) is 0 Å². The van der Waals surface area contributed by atoms with Crippen LogP contribution in [0.15, 0.2) is 12.7 Å². The summed E-state index contributed by atoms with van der Waals surface area (Å²) in [6.07, 6.45) is 6.45. The van der Waals surface area contributed by atoms with Crippen molar-refractivity contribution in [2.24, 2.45) is 22.7 Å². The van der Waals surface area contributed by atoms with Crippen molar-refractivity contribution in [2.45, 2.75) is 46.5 Å². The third-order valence-electron chi connectivity index (χ3n) is 4.55. The predicted molar refractivity (Wildman–Crippen MR) is 62.5 cm³/mol. The first-order valence-electron chi connectivity index (χ1n) is 6.03. The van der Waals surface area contributed by atoms with Crippen molar-refractivity contribution in [3.8, 4) is 0 Å². The molecule has 1 spiro atoms. The lowest BCUT2D eigenvalue weighted by Gasteiger charge is -2.60. The van der Waals surface area contributed by atoms with E-state index in [9.17, 15) is 4.79 Å². The van der Waals surface area contributed by atoms with Crippen LogP contribution in [0, 0.1) is 22.7 Å². The average molecular weight is 206 g/mol. The molecule has 2 fully saturated rings. The molecule has 0 aromatic carbocycles. The van der Waals surface area contributed by atoms with Crippen LogP contribution in [0.25, 0.3) is 0 Å². The van der Waals surface area contributed by atoms with Gasteiger partial charge in [0.05, 0.1) is 0 Å². The zero-order valence-electron chi connectivity index (χ0n) is 10.2. The normalized spacial score (nSPS) is 39.4. The van der Waals surface area contributed by atoms with Crippen LogP contribution >= 0.6 is 0 Å². The lowest BCUT2D eigenvalue weighted by molar-refractivity contribution is -0.140. The summed E-state index contributed by atoms with van der Waals surface area (Å²) in [5, 5.41) is 0. The van der Waals surface area contributed by atoms with E-state index in [4.69, 9.17) is 0 Å². The molecule has 0 amide bonds. The van der Waals surface area contributed by atoms with E-state index in [1.165, 1.54) is 18.9 Å². The van der Waals surface area contributed by atoms with Gasteiger partial charge < -0.3 is 0 Å². The van der Waals surface area contributed by atoms with Crippen molar-refractivity contribution >= 4 is 5.78 Å². The third-order valence-corrected chi connectivity index (χ3v) is 4.55. The molecule has 0 aromatic heterocycles. The molecule has 2 aliphatic rings. The highest BCUT2D eigenvalue weighted by molar-refractivity contribution is 5.92. The van der Waals surface area contributed by atoms with E-state index in [0.29, 0.717) is 16.7 Å². The predicted octanol–water partition coefficient (Wildman–Crippen LogP) is 3.59. The van der Waals surface area contributed by atoms with E-state index in [1.54, 1.807) is 0 Å². The molecule has 15 heavy (non-hydrogen) atoms. The average Bonchev–Trinajstić information content (AvgIpc) is 1.95. The molecule has 0 N–H and O–H groups in total. The van der Waals surface area contributed by atoms with Crippen LogP contribution in [0.5, 0.6) is 0 Å². The molecule has 0 unspecified atom stereocenters. The van der Waals surface area contributed by atoms with Crippen LogP contribution in [0.2, 0.25) is 0 Å². The summed E-state index contributed by atoms with van der Waals surface area (Å²) >= 11 is 0. The van der Waals surface area contributed by atoms with Crippen LogP contribution in [0.3, 0.4) is 0 Å². The van der Waals surface area contributed by atoms with Crippen LogP contribution in [-0.2, 0) is 4.79 Å². The van der Waals surface area contributed by atoms with Gasteiger partial charge in [0, 0.05) is 5.92 Å². The number of hydrogen-bond acceptors (Lipinski definition) is 1. The number of hydrogen-bond donors (Lipinski definition) is 0. The van der Waals surface area contributed by atoms with E-state index in [2.05, 4.69) is 27.4 Å². The van der Waals surface area contributed by atoms with Crippen molar-refractivity contribution in [1.29, 1.82) is 0 Å². The van der Waals surface area contributed by atoms with E-state index >= 15 is 0 Å². The number of ketones is 1. The minimum Gasteiger partial charge on any atom is -0.295 e. The molecule has 0 saturated heterocycles. The monoisotopic (exact) mass is 206 g/mol. The minimum atomic E-state index is 0.264. The molecular weight excluding hydrogens is 184 g/mol. The van der Waals surface area contributed by atoms with E-state index < -0.39 is 0 Å². The molecule has 0 aromatic rings. The Hall–Kier alpha value is -0.590. The maximum absolute atomic E-state index is 11.4. The first-order valence-corrected chi connectivity index (χ1v) is 6.03. The lowest BCUT2D eigenvalue weighted by Crippen LogP contribution is -2.52. The zero-order valence-corrected chi connectivity index (χ0v) is 10.2. The molecule has 0 heterocycles. The van der Waals surface area contributed by atoms with Gasteiger partial charge in [0.1, 0.15) is 0 Å². The van der Waals surface area contributed by atoms with Crippen molar-refractivity contribution in [2.75, 3.05) is 0 Å². The molecule has 1 heteroatoms. The molecular formula is C14H22O. The van der Waals surface area contributed by atoms with Gasteiger partial charge in [-0.1, -0.05) is 27.4 Å². The van der Waals surface area contributed by atoms with Gasteiger partial charge in [-0.15, -0.1) is 0 Å². The summed E-state index contributed by atoms with van der Waals surface area (Å²) in [5.41, 5.74) is 1.01. The molecule has 0 aliphatic heterocycles. The first-order chi connectivity index (χ1) is 6.86. The SMILES string of the molecule is C=CC(=O)C1CC2(C1)CC(C(C)(C)C)C2. The maximum Gasteiger partial charge on any atom is 0.158 e. The van der Waals surface area contributed by atoms with Crippen LogP contribution in [-0.4, -0.2) is 5.78 Å². The van der Waals surface area contributed by atoms with Crippen molar-refractivity contribution in [3.63, 3.8) is 0 Å². The van der Waals surface area contributed by atoms with Gasteiger partial charge in [-0.25, -0.2) is 0 Å². The quantitative estimate of drug-likeness (QED) is 0.631. The second-order valence-corrected chi connectivity index (χ2v) is 6.68. The second-order valence-electron chi connectivity index (χ2n) is 6.68. The van der Waals surface area contributed by atoms with Gasteiger partial charge in [-0.2, -0.15) is 0 Å². The standard InChI is InChI=1S/C14H22O/c1-5-12(15)10-6-14(7-10)8-11(9-14)13(2,3)4/h5,10-11H,1,6-9H2,2-4H3. The molecule has 0 radical (unpaired) electrons. The molecule has 84 valence electrons. The summed E-state index contributed by atoms with van der Waals surface area (Å²) < 4.78 is 0. The van der Waals surface area contributed by atoms with Gasteiger partial charge >= 0.3 is 0 Å². The summed E-state index contributed by atoms with van der Waals surface area (Å²) in [6, 6.07) is 0. The van der Waals surface area contributed by atoms with Crippen molar-refractivity contribution in [3.05, 3.63) is 12.7 Å². The fraction of sp³-hybridized carbons (Fsp3) is 0.786. The largest absolute Gasteiger partial charge is 0.295 e. The Morgan fingerprint density at radius 2 is 1.80 bits per heavy atom. The zero-order chi connectivity index (χ0) is 11.3. The van der Waals surface area contributed by atoms with Crippen LogP contribution in [0.1, 0.15) is 46.5 Å². The van der Waals surface area contributed by atoms with E-state index in [1.807, 2.05) is 0 Å². The molecule has 0 atom stereocenters. The summed E-state index contributed by atoms with van der Waals surface area (Å²) in [6.45, 7) is 10.5. The first kappa shape index (κ1) is 10.9. The Morgan fingerprint density at radius 1 is 1.27 bits per heavy atom. The number of carbonyl (C=O) groups excluding carboxylic acids is 1. The highest BCUT2D eigenvalue weighted by Crippen LogP contribution is 2.64. The number of allylic oxidation sites excluding steroid dienone is 1. The Morgan fingerprint density at radius 3 is 2.20 bits per heavy atom. The summed E-state index contributed by atoms with van der Waals surface area (Å²) in [4.78, 5) is 11.4. The summed E-state index contributed by atoms with van der Waals surface area (Å²) in [5.74, 6) is 1.44. The fourth-order valence-electron chi connectivity index (χ4n) is 3.28. The Labute approximate surface area is 92.9 Å². The molecule has 2 saturated carbocycles. The molecule has 1 nitrogen and oxygen atoms in total. The molecule has 2 aliphatic carbocycles. The third kappa shape index (κ3) is 1.77. The number of carbonyl (C=O) groups is 1. The Bertz CT molecular complexity index is 281. The van der Waals surface area contributed by atoms with E-state index in [-0.39, 0.29) is 5.78 Å². The maximum atomic E-state index is 11.4. The van der Waals surface area contributed by atoms with Gasteiger partial charge in [0.25, 0.3) is 0 Å². The second kappa shape index (κ2) is 3.20. The number of rotatable bonds is 2. The van der Waals surface area contributed by atoms with Crippen molar-refractivity contribution in [1.82, 2.24) is 0 Å². The lowest BCUT2D eigenvalue weighted by atomic mass is 9.44. The van der Waals surface area contributed by atoms with Gasteiger partial charge in [-0.3, -0.25) is 4.79 Å². The fourth-order valence-corrected chi connectivity index (χ4v) is 3.28. The van der Waals surface area contributed by atoms with Gasteiger partial charge in [-0.05, 0) is 48.5 Å². The molecule has 0 bridgehead atoms. The smallest absolute Gasteiger partial charge is 0.158 e.